The van der Waals surface area contributed by atoms with Gasteiger partial charge in [0.25, 0.3) is 0 Å². The van der Waals surface area contributed by atoms with Crippen molar-refractivity contribution in [2.75, 3.05) is 13.6 Å². The second-order valence-electron chi connectivity index (χ2n) is 4.10. The van der Waals surface area contributed by atoms with Crippen molar-refractivity contribution in [3.05, 3.63) is 60.4 Å². The van der Waals surface area contributed by atoms with Gasteiger partial charge in [-0.3, -0.25) is 4.98 Å². The minimum absolute atomic E-state index is 0.0357. The molecule has 3 nitrogen and oxygen atoms in total. The largest absolute Gasteiger partial charge is 0.486 e. The molecule has 0 aliphatic heterocycles. The molecular weight excluding hydrogens is 224 g/mol. The summed E-state index contributed by atoms with van der Waals surface area (Å²) in [6, 6.07) is 13.9. The second-order valence-corrected chi connectivity index (χ2v) is 4.10. The molecule has 0 amide bonds. The Balaban J connectivity index is 2.10. The van der Waals surface area contributed by atoms with Crippen LogP contribution in [-0.2, 0) is 0 Å². The maximum absolute atomic E-state index is 6.02. The van der Waals surface area contributed by atoms with Gasteiger partial charge in [-0.25, -0.2) is 0 Å². The van der Waals surface area contributed by atoms with Crippen LogP contribution >= 0.6 is 0 Å². The van der Waals surface area contributed by atoms with Gasteiger partial charge in [0.2, 0.25) is 0 Å². The van der Waals surface area contributed by atoms with Gasteiger partial charge in [-0.05, 0) is 31.8 Å². The Bertz CT molecular complexity index is 445. The van der Waals surface area contributed by atoms with Crippen molar-refractivity contribution in [2.24, 2.45) is 0 Å². The number of benzene rings is 1. The third kappa shape index (κ3) is 3.57. The number of hydrogen-bond acceptors (Lipinski definition) is 3. The minimum atomic E-state index is 0.0357. The monoisotopic (exact) mass is 242 g/mol. The van der Waals surface area contributed by atoms with Crippen LogP contribution in [-0.4, -0.2) is 18.6 Å². The van der Waals surface area contributed by atoms with Crippen molar-refractivity contribution in [2.45, 2.75) is 12.5 Å². The van der Waals surface area contributed by atoms with Crippen LogP contribution in [0.1, 0.15) is 18.1 Å². The SMILES string of the molecule is CNCCC(Oc1ccccc1)c1cccnc1. The van der Waals surface area contributed by atoms with Crippen LogP contribution in [0.15, 0.2) is 54.9 Å². The summed E-state index contributed by atoms with van der Waals surface area (Å²) in [4.78, 5) is 4.15. The number of aromatic nitrogens is 1. The minimum Gasteiger partial charge on any atom is -0.486 e. The average Bonchev–Trinajstić information content (AvgIpc) is 2.45. The van der Waals surface area contributed by atoms with Gasteiger partial charge in [0.05, 0.1) is 0 Å². The Labute approximate surface area is 108 Å². The first-order valence-electron chi connectivity index (χ1n) is 6.16. The molecule has 0 saturated carbocycles. The first-order valence-corrected chi connectivity index (χ1v) is 6.16. The average molecular weight is 242 g/mol. The predicted octanol–water partition coefficient (Wildman–Crippen LogP) is 2.81. The zero-order chi connectivity index (χ0) is 12.6. The van der Waals surface area contributed by atoms with Crippen LogP contribution in [0, 0.1) is 0 Å². The quantitative estimate of drug-likeness (QED) is 0.845. The molecule has 1 atom stereocenters. The fraction of sp³-hybridized carbons (Fsp3) is 0.267. The lowest BCUT2D eigenvalue weighted by molar-refractivity contribution is 0.194. The van der Waals surface area contributed by atoms with Gasteiger partial charge in [0.15, 0.2) is 0 Å². The Morgan fingerprint density at radius 3 is 2.67 bits per heavy atom. The van der Waals surface area contributed by atoms with Crippen molar-refractivity contribution < 1.29 is 4.74 Å². The highest BCUT2D eigenvalue weighted by atomic mass is 16.5. The highest BCUT2D eigenvalue weighted by Gasteiger charge is 2.12. The van der Waals surface area contributed by atoms with Gasteiger partial charge in [-0.1, -0.05) is 24.3 Å². The topological polar surface area (TPSA) is 34.1 Å². The summed E-state index contributed by atoms with van der Waals surface area (Å²) >= 11 is 0. The second kappa shape index (κ2) is 6.77. The maximum Gasteiger partial charge on any atom is 0.126 e. The molecule has 18 heavy (non-hydrogen) atoms. The summed E-state index contributed by atoms with van der Waals surface area (Å²) in [5.74, 6) is 0.891. The molecule has 0 spiro atoms. The molecule has 1 aromatic carbocycles. The lowest BCUT2D eigenvalue weighted by atomic mass is 10.1. The van der Waals surface area contributed by atoms with Crippen LogP contribution in [0.25, 0.3) is 0 Å². The third-order valence-electron chi connectivity index (χ3n) is 2.73. The van der Waals surface area contributed by atoms with E-state index in [9.17, 15) is 0 Å². The molecular formula is C15H18N2O. The smallest absolute Gasteiger partial charge is 0.126 e. The number of para-hydroxylation sites is 1. The lowest BCUT2D eigenvalue weighted by Crippen LogP contribution is -2.16. The van der Waals surface area contributed by atoms with Crippen LogP contribution in [0.4, 0.5) is 0 Å². The van der Waals surface area contributed by atoms with E-state index < -0.39 is 0 Å². The normalized spacial score (nSPS) is 12.1. The molecule has 0 fully saturated rings. The number of hydrogen-bond donors (Lipinski definition) is 1. The highest BCUT2D eigenvalue weighted by Crippen LogP contribution is 2.23. The molecule has 0 bridgehead atoms. The van der Waals surface area contributed by atoms with Crippen molar-refractivity contribution in [3.63, 3.8) is 0 Å². The molecule has 1 aromatic heterocycles. The van der Waals surface area contributed by atoms with Gasteiger partial charge < -0.3 is 10.1 Å². The molecule has 0 radical (unpaired) electrons. The first-order chi connectivity index (χ1) is 8.90. The molecule has 1 unspecified atom stereocenters. The van der Waals surface area contributed by atoms with Gasteiger partial charge in [0.1, 0.15) is 11.9 Å². The van der Waals surface area contributed by atoms with Gasteiger partial charge >= 0.3 is 0 Å². The third-order valence-corrected chi connectivity index (χ3v) is 2.73. The van der Waals surface area contributed by atoms with E-state index in [4.69, 9.17) is 4.74 Å². The summed E-state index contributed by atoms with van der Waals surface area (Å²) in [6.07, 6.45) is 4.59. The maximum atomic E-state index is 6.02. The fourth-order valence-electron chi connectivity index (χ4n) is 1.80. The zero-order valence-corrected chi connectivity index (χ0v) is 10.5. The fourth-order valence-corrected chi connectivity index (χ4v) is 1.80. The standard InChI is InChI=1S/C15H18N2O/c1-16-11-9-15(13-6-5-10-17-12-13)18-14-7-3-2-4-8-14/h2-8,10,12,15-16H,9,11H2,1H3. The Hall–Kier alpha value is -1.87. The van der Waals surface area contributed by atoms with Crippen LogP contribution in [0.2, 0.25) is 0 Å². The lowest BCUT2D eigenvalue weighted by Gasteiger charge is -2.19. The van der Waals surface area contributed by atoms with E-state index in [1.54, 1.807) is 6.20 Å². The molecule has 0 aliphatic rings. The van der Waals surface area contributed by atoms with E-state index in [0.29, 0.717) is 0 Å². The summed E-state index contributed by atoms with van der Waals surface area (Å²) in [6.45, 7) is 0.909. The Morgan fingerprint density at radius 2 is 2.00 bits per heavy atom. The molecule has 1 heterocycles. The molecule has 3 heteroatoms. The van der Waals surface area contributed by atoms with Crippen LogP contribution in [0.5, 0.6) is 5.75 Å². The summed E-state index contributed by atoms with van der Waals surface area (Å²) in [7, 11) is 1.95. The van der Waals surface area contributed by atoms with Gasteiger partial charge in [-0.15, -0.1) is 0 Å². The number of pyridine rings is 1. The Kier molecular flexibility index (Phi) is 4.73. The van der Waals surface area contributed by atoms with Crippen molar-refractivity contribution >= 4 is 0 Å². The highest BCUT2D eigenvalue weighted by molar-refractivity contribution is 5.23. The van der Waals surface area contributed by atoms with Crippen molar-refractivity contribution in [1.29, 1.82) is 0 Å². The first kappa shape index (κ1) is 12.6. The molecule has 0 saturated heterocycles. The summed E-state index contributed by atoms with van der Waals surface area (Å²) < 4.78 is 6.02. The number of nitrogens with zero attached hydrogens (tertiary/aromatic N) is 1. The predicted molar refractivity (Wildman–Crippen MR) is 72.6 cm³/mol. The molecule has 94 valence electrons. The molecule has 2 rings (SSSR count). The van der Waals surface area contributed by atoms with Crippen LogP contribution in [0.3, 0.4) is 0 Å². The summed E-state index contributed by atoms with van der Waals surface area (Å²) in [5.41, 5.74) is 1.11. The van der Waals surface area contributed by atoms with E-state index in [1.807, 2.05) is 49.6 Å². The number of ether oxygens (including phenoxy) is 1. The van der Waals surface area contributed by atoms with E-state index in [-0.39, 0.29) is 6.10 Å². The van der Waals surface area contributed by atoms with Crippen molar-refractivity contribution in [1.82, 2.24) is 10.3 Å². The Morgan fingerprint density at radius 1 is 1.17 bits per heavy atom. The molecule has 0 aliphatic carbocycles. The molecule has 2 aromatic rings. The van der Waals surface area contributed by atoms with Crippen molar-refractivity contribution in [3.8, 4) is 5.75 Å². The van der Waals surface area contributed by atoms with E-state index in [0.717, 1.165) is 24.3 Å². The summed E-state index contributed by atoms with van der Waals surface area (Å²) in [5, 5.41) is 3.15. The zero-order valence-electron chi connectivity index (χ0n) is 10.5. The number of rotatable bonds is 6. The molecule has 1 N–H and O–H groups in total. The van der Waals surface area contributed by atoms with Crippen LogP contribution < -0.4 is 10.1 Å². The van der Waals surface area contributed by atoms with E-state index in [1.165, 1.54) is 0 Å². The van der Waals surface area contributed by atoms with Gasteiger partial charge in [0, 0.05) is 24.4 Å². The number of nitrogens with one attached hydrogen (secondary N) is 1. The van der Waals surface area contributed by atoms with E-state index in [2.05, 4.69) is 16.4 Å². The van der Waals surface area contributed by atoms with Gasteiger partial charge in [-0.2, -0.15) is 0 Å². The van der Waals surface area contributed by atoms with E-state index >= 15 is 0 Å².